The predicted octanol–water partition coefficient (Wildman–Crippen LogP) is 4.70. The Hall–Kier alpha value is -3.49. The number of aromatic carboxylic acids is 1. The SMILES string of the molecule is O=C(O)c1ccc2nc(-c3ccc4c(c3)OC(F)(F)O4)c(N3CCCCCC3)nc2c1. The van der Waals surface area contributed by atoms with Crippen molar-refractivity contribution in [3.63, 3.8) is 0 Å². The molecule has 1 N–H and O–H groups in total. The van der Waals surface area contributed by atoms with Gasteiger partial charge in [-0.3, -0.25) is 0 Å². The molecule has 0 unspecified atom stereocenters. The first kappa shape index (κ1) is 19.5. The third kappa shape index (κ3) is 3.71. The van der Waals surface area contributed by atoms with Crippen LogP contribution in [-0.2, 0) is 0 Å². The molecule has 5 rings (SSSR count). The number of hydrogen-bond donors (Lipinski definition) is 1. The van der Waals surface area contributed by atoms with E-state index in [1.165, 1.54) is 24.3 Å². The smallest absolute Gasteiger partial charge is 0.478 e. The number of fused-ring (bicyclic) bond motifs is 2. The van der Waals surface area contributed by atoms with Crippen molar-refractivity contribution in [3.8, 4) is 22.8 Å². The first-order valence-corrected chi connectivity index (χ1v) is 10.1. The molecule has 31 heavy (non-hydrogen) atoms. The van der Waals surface area contributed by atoms with Crippen LogP contribution in [0.15, 0.2) is 36.4 Å². The summed E-state index contributed by atoms with van der Waals surface area (Å²) in [4.78, 5) is 23.0. The first-order valence-electron chi connectivity index (χ1n) is 10.1. The molecule has 0 saturated carbocycles. The van der Waals surface area contributed by atoms with E-state index in [0.29, 0.717) is 28.1 Å². The Morgan fingerprint density at radius 1 is 0.935 bits per heavy atom. The summed E-state index contributed by atoms with van der Waals surface area (Å²) in [5, 5.41) is 9.32. The molecule has 0 radical (unpaired) electrons. The molecule has 2 aromatic carbocycles. The van der Waals surface area contributed by atoms with Crippen molar-refractivity contribution in [1.82, 2.24) is 9.97 Å². The lowest BCUT2D eigenvalue weighted by Crippen LogP contribution is -2.26. The fourth-order valence-corrected chi connectivity index (χ4v) is 3.97. The summed E-state index contributed by atoms with van der Waals surface area (Å²) in [5.74, 6) is -0.541. The molecule has 0 amide bonds. The number of carboxylic acids is 1. The van der Waals surface area contributed by atoms with E-state index >= 15 is 0 Å². The number of alkyl halides is 2. The maximum Gasteiger partial charge on any atom is 0.586 e. The van der Waals surface area contributed by atoms with Crippen molar-refractivity contribution >= 4 is 22.8 Å². The quantitative estimate of drug-likeness (QED) is 0.649. The van der Waals surface area contributed by atoms with Crippen LogP contribution < -0.4 is 14.4 Å². The number of carbonyl (C=O) groups is 1. The number of nitrogens with zero attached hydrogens (tertiary/aromatic N) is 3. The van der Waals surface area contributed by atoms with Crippen LogP contribution in [0, 0.1) is 0 Å². The average Bonchev–Trinajstić information content (AvgIpc) is 2.90. The van der Waals surface area contributed by atoms with E-state index in [-0.39, 0.29) is 17.1 Å². The normalized spacial score (nSPS) is 17.5. The Labute approximate surface area is 176 Å². The second-order valence-corrected chi connectivity index (χ2v) is 7.63. The predicted molar refractivity (Wildman–Crippen MR) is 109 cm³/mol. The van der Waals surface area contributed by atoms with Gasteiger partial charge >= 0.3 is 12.3 Å². The highest BCUT2D eigenvalue weighted by Gasteiger charge is 2.43. The average molecular weight is 427 g/mol. The molecule has 9 heteroatoms. The van der Waals surface area contributed by atoms with Crippen molar-refractivity contribution in [3.05, 3.63) is 42.0 Å². The van der Waals surface area contributed by atoms with Crippen LogP contribution in [0.4, 0.5) is 14.6 Å². The standard InChI is InChI=1S/C22H19F2N3O4/c23-22(24)30-17-8-6-13(12-18(17)31-22)19-20(27-9-3-1-2-4-10-27)26-16-11-14(21(28)29)5-7-15(16)25-19/h5-8,11-12H,1-4,9-10H2,(H,28,29). The largest absolute Gasteiger partial charge is 0.586 e. The molecule has 0 atom stereocenters. The van der Waals surface area contributed by atoms with Gasteiger partial charge in [0, 0.05) is 18.7 Å². The number of aromatic nitrogens is 2. The van der Waals surface area contributed by atoms with Crippen molar-refractivity contribution in [1.29, 1.82) is 0 Å². The third-order valence-corrected chi connectivity index (χ3v) is 5.47. The molecule has 2 aliphatic heterocycles. The van der Waals surface area contributed by atoms with Gasteiger partial charge in [0.25, 0.3) is 0 Å². The molecule has 3 aromatic rings. The van der Waals surface area contributed by atoms with Gasteiger partial charge in [-0.1, -0.05) is 12.8 Å². The van der Waals surface area contributed by atoms with Gasteiger partial charge < -0.3 is 19.5 Å². The minimum Gasteiger partial charge on any atom is -0.478 e. The lowest BCUT2D eigenvalue weighted by Gasteiger charge is -2.24. The Balaban J connectivity index is 1.66. The number of anilines is 1. The van der Waals surface area contributed by atoms with E-state index in [1.807, 2.05) is 0 Å². The van der Waals surface area contributed by atoms with E-state index in [1.54, 1.807) is 12.1 Å². The van der Waals surface area contributed by atoms with E-state index in [9.17, 15) is 18.7 Å². The molecule has 0 spiro atoms. The fraction of sp³-hybridized carbons (Fsp3) is 0.318. The van der Waals surface area contributed by atoms with Gasteiger partial charge in [0.2, 0.25) is 0 Å². The Morgan fingerprint density at radius 2 is 1.68 bits per heavy atom. The highest BCUT2D eigenvalue weighted by Crippen LogP contribution is 2.44. The number of ether oxygens (including phenoxy) is 2. The zero-order valence-electron chi connectivity index (χ0n) is 16.5. The highest BCUT2D eigenvalue weighted by atomic mass is 19.3. The number of carboxylic acid groups (broad SMARTS) is 1. The van der Waals surface area contributed by atoms with Crippen LogP contribution in [0.2, 0.25) is 0 Å². The molecule has 3 heterocycles. The summed E-state index contributed by atoms with van der Waals surface area (Å²) in [6.45, 7) is 1.57. The Morgan fingerprint density at radius 3 is 2.42 bits per heavy atom. The molecule has 0 aliphatic carbocycles. The van der Waals surface area contributed by atoms with Crippen molar-refractivity contribution in [2.24, 2.45) is 0 Å². The van der Waals surface area contributed by atoms with E-state index < -0.39 is 12.3 Å². The molecule has 1 saturated heterocycles. The number of hydrogen-bond acceptors (Lipinski definition) is 6. The molecular formula is C22H19F2N3O4. The maximum atomic E-state index is 13.5. The van der Waals surface area contributed by atoms with E-state index in [4.69, 9.17) is 9.97 Å². The van der Waals surface area contributed by atoms with Crippen LogP contribution in [-0.4, -0.2) is 40.4 Å². The number of rotatable bonds is 3. The minimum absolute atomic E-state index is 0.0371. The van der Waals surface area contributed by atoms with Gasteiger partial charge in [-0.25, -0.2) is 14.8 Å². The molecular weight excluding hydrogens is 408 g/mol. The van der Waals surface area contributed by atoms with Crippen LogP contribution in [0.1, 0.15) is 36.0 Å². The maximum absolute atomic E-state index is 13.5. The van der Waals surface area contributed by atoms with Crippen molar-refractivity contribution < 1.29 is 28.2 Å². The van der Waals surface area contributed by atoms with Crippen molar-refractivity contribution in [2.75, 3.05) is 18.0 Å². The first-order chi connectivity index (χ1) is 14.9. The Bertz CT molecular complexity index is 1180. The summed E-state index contributed by atoms with van der Waals surface area (Å²) in [6, 6.07) is 9.11. The summed E-state index contributed by atoms with van der Waals surface area (Å²) < 4.78 is 36.0. The monoisotopic (exact) mass is 427 g/mol. The number of benzene rings is 2. The molecule has 7 nitrogen and oxygen atoms in total. The summed E-state index contributed by atoms with van der Waals surface area (Å²) in [7, 11) is 0. The van der Waals surface area contributed by atoms with Crippen molar-refractivity contribution in [2.45, 2.75) is 32.0 Å². The number of halogens is 2. The molecule has 0 bridgehead atoms. The lowest BCUT2D eigenvalue weighted by atomic mass is 10.1. The summed E-state index contributed by atoms with van der Waals surface area (Å²) in [6.07, 6.45) is 0.546. The van der Waals surface area contributed by atoms with E-state index in [0.717, 1.165) is 38.8 Å². The fourth-order valence-electron chi connectivity index (χ4n) is 3.97. The van der Waals surface area contributed by atoms with Gasteiger partial charge in [-0.15, -0.1) is 8.78 Å². The lowest BCUT2D eigenvalue weighted by molar-refractivity contribution is -0.286. The Kier molecular flexibility index (Phi) is 4.60. The zero-order valence-corrected chi connectivity index (χ0v) is 16.5. The van der Waals surface area contributed by atoms with Crippen LogP contribution >= 0.6 is 0 Å². The van der Waals surface area contributed by atoms with Crippen LogP contribution in [0.5, 0.6) is 11.5 Å². The molecule has 1 fully saturated rings. The third-order valence-electron chi connectivity index (χ3n) is 5.47. The molecule has 2 aliphatic rings. The summed E-state index contributed by atoms with van der Waals surface area (Å²) >= 11 is 0. The second kappa shape index (κ2) is 7.33. The second-order valence-electron chi connectivity index (χ2n) is 7.63. The van der Waals surface area contributed by atoms with Crippen LogP contribution in [0.25, 0.3) is 22.3 Å². The minimum atomic E-state index is -3.70. The molecule has 160 valence electrons. The van der Waals surface area contributed by atoms with Gasteiger partial charge in [0.1, 0.15) is 5.69 Å². The van der Waals surface area contributed by atoms with E-state index in [2.05, 4.69) is 14.4 Å². The van der Waals surface area contributed by atoms with Gasteiger partial charge in [0.15, 0.2) is 17.3 Å². The van der Waals surface area contributed by atoms with Gasteiger partial charge in [0.05, 0.1) is 16.6 Å². The van der Waals surface area contributed by atoms with Crippen LogP contribution in [0.3, 0.4) is 0 Å². The van der Waals surface area contributed by atoms with Gasteiger partial charge in [-0.05, 0) is 49.2 Å². The molecule has 1 aromatic heterocycles. The highest BCUT2D eigenvalue weighted by molar-refractivity contribution is 5.93. The van der Waals surface area contributed by atoms with Gasteiger partial charge in [-0.2, -0.15) is 0 Å². The summed E-state index contributed by atoms with van der Waals surface area (Å²) in [5.41, 5.74) is 2.20. The topological polar surface area (TPSA) is 84.8 Å². The zero-order chi connectivity index (χ0) is 21.6.